The number of carbonyl (C=O) groups excluding carboxylic acids is 3. The second kappa shape index (κ2) is 9.33. The molecule has 4 rings (SSSR count). The fourth-order valence-electron chi connectivity index (χ4n) is 4.45. The van der Waals surface area contributed by atoms with Gasteiger partial charge in [-0.25, -0.2) is 0 Å². The summed E-state index contributed by atoms with van der Waals surface area (Å²) in [7, 11) is 0. The maximum Gasteiger partial charge on any atom is 0.228 e. The average Bonchev–Trinajstić information content (AvgIpc) is 3.18. The van der Waals surface area contributed by atoms with Crippen LogP contribution in [0.2, 0.25) is 5.02 Å². The summed E-state index contributed by atoms with van der Waals surface area (Å²) in [6, 6.07) is 13.2. The maximum atomic E-state index is 13.1. The minimum atomic E-state index is -0.330. The molecule has 0 radical (unpaired) electrons. The van der Waals surface area contributed by atoms with Crippen LogP contribution in [0.1, 0.15) is 30.4 Å². The summed E-state index contributed by atoms with van der Waals surface area (Å²) in [6.07, 6.45) is 1.46. The first-order chi connectivity index (χ1) is 15.3. The van der Waals surface area contributed by atoms with Gasteiger partial charge in [-0.15, -0.1) is 0 Å². The minimum absolute atomic E-state index is 0.0116. The number of likely N-dealkylation sites (tertiary alicyclic amines) is 1. The van der Waals surface area contributed by atoms with E-state index in [0.717, 1.165) is 22.5 Å². The van der Waals surface area contributed by atoms with Crippen molar-refractivity contribution >= 4 is 40.7 Å². The van der Waals surface area contributed by atoms with Crippen molar-refractivity contribution in [1.82, 2.24) is 4.90 Å². The fraction of sp³-hybridized carbons (Fsp3) is 0.400. The Hall–Kier alpha value is -2.86. The van der Waals surface area contributed by atoms with Crippen molar-refractivity contribution in [2.45, 2.75) is 33.1 Å². The first-order valence-electron chi connectivity index (χ1n) is 11.1. The summed E-state index contributed by atoms with van der Waals surface area (Å²) in [5, 5.41) is 3.59. The van der Waals surface area contributed by atoms with Crippen LogP contribution < -0.4 is 10.2 Å². The predicted octanol–water partition coefficient (Wildman–Crippen LogP) is 4.19. The van der Waals surface area contributed by atoms with Crippen molar-refractivity contribution in [2.75, 3.05) is 29.9 Å². The van der Waals surface area contributed by atoms with Gasteiger partial charge in [-0.2, -0.15) is 0 Å². The van der Waals surface area contributed by atoms with Gasteiger partial charge in [0, 0.05) is 48.4 Å². The molecule has 0 aliphatic carbocycles. The fourth-order valence-corrected chi connectivity index (χ4v) is 4.62. The van der Waals surface area contributed by atoms with Crippen molar-refractivity contribution < 1.29 is 14.4 Å². The molecule has 1 atom stereocenters. The number of aryl methyl sites for hydroxylation is 1. The lowest BCUT2D eigenvalue weighted by atomic mass is 9.94. The Kier molecular flexibility index (Phi) is 6.51. The molecular weight excluding hydrogens is 426 g/mol. The molecule has 7 heteroatoms. The summed E-state index contributed by atoms with van der Waals surface area (Å²) in [4.78, 5) is 41.8. The Morgan fingerprint density at radius 3 is 2.38 bits per heavy atom. The number of piperidine rings is 1. The lowest BCUT2D eigenvalue weighted by Crippen LogP contribution is -2.44. The topological polar surface area (TPSA) is 69.7 Å². The Bertz CT molecular complexity index is 1030. The molecule has 0 unspecified atom stereocenters. The van der Waals surface area contributed by atoms with Crippen molar-refractivity contribution in [3.8, 4) is 0 Å². The Morgan fingerprint density at radius 2 is 1.69 bits per heavy atom. The van der Waals surface area contributed by atoms with Crippen LogP contribution in [-0.4, -0.2) is 42.3 Å². The average molecular weight is 454 g/mol. The zero-order chi connectivity index (χ0) is 22.8. The molecule has 0 spiro atoms. The van der Waals surface area contributed by atoms with E-state index in [-0.39, 0.29) is 36.0 Å². The van der Waals surface area contributed by atoms with Crippen LogP contribution in [-0.2, 0) is 14.4 Å². The number of nitrogens with zero attached hydrogens (tertiary/aromatic N) is 2. The van der Waals surface area contributed by atoms with Crippen molar-refractivity contribution in [3.05, 3.63) is 58.6 Å². The van der Waals surface area contributed by atoms with Crippen molar-refractivity contribution in [3.63, 3.8) is 0 Å². The highest BCUT2D eigenvalue weighted by molar-refractivity contribution is 6.31. The quantitative estimate of drug-likeness (QED) is 0.754. The normalized spacial score (nSPS) is 19.3. The second-order valence-corrected chi connectivity index (χ2v) is 9.15. The highest BCUT2D eigenvalue weighted by Crippen LogP contribution is 2.29. The largest absolute Gasteiger partial charge is 0.342 e. The smallest absolute Gasteiger partial charge is 0.228 e. The van der Waals surface area contributed by atoms with Gasteiger partial charge in [0.05, 0.1) is 5.92 Å². The standard InChI is InChI=1S/C25H28ClN3O3/c1-16-6-8-20(9-7-16)29-15-19(14-23(29)30)25(32)28-12-10-18(11-13-28)24(31)27-22-5-3-4-21(26)17(22)2/h3-9,18-19H,10-15H2,1-2H3,(H,27,31)/t19-/m1/s1. The second-order valence-electron chi connectivity index (χ2n) is 8.74. The molecule has 1 N–H and O–H groups in total. The van der Waals surface area contributed by atoms with E-state index in [4.69, 9.17) is 11.6 Å². The summed E-state index contributed by atoms with van der Waals surface area (Å²) in [5.74, 6) is -0.519. The van der Waals surface area contributed by atoms with Gasteiger partial charge >= 0.3 is 0 Å². The zero-order valence-electron chi connectivity index (χ0n) is 18.4. The number of nitrogens with one attached hydrogen (secondary N) is 1. The molecule has 168 valence electrons. The lowest BCUT2D eigenvalue weighted by Gasteiger charge is -2.33. The Balaban J connectivity index is 1.31. The summed E-state index contributed by atoms with van der Waals surface area (Å²) in [6.45, 7) is 5.35. The van der Waals surface area contributed by atoms with Gasteiger partial charge in [0.25, 0.3) is 0 Å². The molecule has 32 heavy (non-hydrogen) atoms. The summed E-state index contributed by atoms with van der Waals surface area (Å²) in [5.41, 5.74) is 3.54. The Labute approximate surface area is 193 Å². The van der Waals surface area contributed by atoms with E-state index in [9.17, 15) is 14.4 Å². The van der Waals surface area contributed by atoms with E-state index in [1.165, 1.54) is 0 Å². The first-order valence-corrected chi connectivity index (χ1v) is 11.4. The third-order valence-corrected chi connectivity index (χ3v) is 6.93. The van der Waals surface area contributed by atoms with Crippen LogP contribution in [0.4, 0.5) is 11.4 Å². The molecule has 6 nitrogen and oxygen atoms in total. The van der Waals surface area contributed by atoms with Gasteiger partial charge in [-0.05, 0) is 56.5 Å². The van der Waals surface area contributed by atoms with Gasteiger partial charge in [0.1, 0.15) is 0 Å². The van der Waals surface area contributed by atoms with Crippen LogP contribution in [0.3, 0.4) is 0 Å². The van der Waals surface area contributed by atoms with Crippen molar-refractivity contribution in [1.29, 1.82) is 0 Å². The van der Waals surface area contributed by atoms with Gasteiger partial charge in [0.2, 0.25) is 17.7 Å². The van der Waals surface area contributed by atoms with E-state index in [1.54, 1.807) is 11.0 Å². The highest BCUT2D eigenvalue weighted by Gasteiger charge is 2.38. The molecule has 3 amide bonds. The monoisotopic (exact) mass is 453 g/mol. The predicted molar refractivity (Wildman–Crippen MR) is 126 cm³/mol. The molecular formula is C25H28ClN3O3. The summed E-state index contributed by atoms with van der Waals surface area (Å²) < 4.78 is 0. The van der Waals surface area contributed by atoms with E-state index in [2.05, 4.69) is 5.32 Å². The number of rotatable bonds is 4. The molecule has 2 heterocycles. The zero-order valence-corrected chi connectivity index (χ0v) is 19.2. The van der Waals surface area contributed by atoms with E-state index in [1.807, 2.05) is 55.1 Å². The summed E-state index contributed by atoms with van der Waals surface area (Å²) >= 11 is 6.14. The van der Waals surface area contributed by atoms with E-state index in [0.29, 0.717) is 37.5 Å². The maximum absolute atomic E-state index is 13.1. The van der Waals surface area contributed by atoms with Crippen LogP contribution in [0.15, 0.2) is 42.5 Å². The number of amides is 3. The molecule has 0 saturated carbocycles. The molecule has 2 saturated heterocycles. The van der Waals surface area contributed by atoms with Gasteiger partial charge in [-0.1, -0.05) is 35.4 Å². The number of carbonyl (C=O) groups is 3. The van der Waals surface area contributed by atoms with E-state index < -0.39 is 0 Å². The number of hydrogen-bond acceptors (Lipinski definition) is 3. The number of anilines is 2. The van der Waals surface area contributed by atoms with Crippen LogP contribution in [0.5, 0.6) is 0 Å². The Morgan fingerprint density at radius 1 is 1.00 bits per heavy atom. The molecule has 2 aromatic rings. The van der Waals surface area contributed by atoms with Crippen LogP contribution in [0, 0.1) is 25.7 Å². The number of hydrogen-bond donors (Lipinski definition) is 1. The lowest BCUT2D eigenvalue weighted by molar-refractivity contribution is -0.138. The molecule has 0 aromatic heterocycles. The minimum Gasteiger partial charge on any atom is -0.342 e. The third-order valence-electron chi connectivity index (χ3n) is 6.52. The van der Waals surface area contributed by atoms with Crippen LogP contribution in [0.25, 0.3) is 0 Å². The molecule has 2 aliphatic rings. The van der Waals surface area contributed by atoms with E-state index >= 15 is 0 Å². The first kappa shape index (κ1) is 22.3. The number of benzene rings is 2. The molecule has 0 bridgehead atoms. The van der Waals surface area contributed by atoms with Crippen LogP contribution >= 0.6 is 11.6 Å². The van der Waals surface area contributed by atoms with Gasteiger partial charge < -0.3 is 15.1 Å². The van der Waals surface area contributed by atoms with Gasteiger partial charge in [-0.3, -0.25) is 14.4 Å². The van der Waals surface area contributed by atoms with Crippen molar-refractivity contribution in [2.24, 2.45) is 11.8 Å². The molecule has 2 fully saturated rings. The highest BCUT2D eigenvalue weighted by atomic mass is 35.5. The number of halogens is 1. The van der Waals surface area contributed by atoms with Gasteiger partial charge in [0.15, 0.2) is 0 Å². The third kappa shape index (κ3) is 4.65. The molecule has 2 aliphatic heterocycles. The SMILES string of the molecule is Cc1ccc(N2C[C@H](C(=O)N3CCC(C(=O)Nc4cccc(Cl)c4C)CC3)CC2=O)cc1. The molecule has 2 aromatic carbocycles.